The molecular formula is C42H24S2. The highest BCUT2D eigenvalue weighted by Crippen LogP contribution is 2.51. The molecule has 0 nitrogen and oxygen atoms in total. The predicted molar refractivity (Wildman–Crippen MR) is 196 cm³/mol. The van der Waals surface area contributed by atoms with Crippen LogP contribution in [0.4, 0.5) is 0 Å². The Labute approximate surface area is 269 Å². The zero-order valence-corrected chi connectivity index (χ0v) is 24.9. The minimum absolute atomic E-state index is 0.196. The van der Waals surface area contributed by atoms with E-state index in [0.29, 0.717) is 5.56 Å². The molecule has 0 aliphatic carbocycles. The van der Waals surface area contributed by atoms with Crippen molar-refractivity contribution in [3.05, 3.63) is 145 Å². The Hall–Kier alpha value is -5.02. The Balaban J connectivity index is 1.43. The fourth-order valence-corrected chi connectivity index (χ4v) is 9.52. The lowest BCUT2D eigenvalue weighted by atomic mass is 9.85. The highest BCUT2D eigenvalue weighted by Gasteiger charge is 2.22. The predicted octanol–water partition coefficient (Wildman–Crippen LogP) is 13.2. The van der Waals surface area contributed by atoms with Gasteiger partial charge in [0.15, 0.2) is 0 Å². The Morgan fingerprint density at radius 3 is 1.64 bits per heavy atom. The van der Waals surface area contributed by atoms with Gasteiger partial charge >= 0.3 is 0 Å². The van der Waals surface area contributed by atoms with Crippen molar-refractivity contribution in [3.63, 3.8) is 0 Å². The molecule has 2 heterocycles. The molecule has 0 N–H and O–H groups in total. The fraction of sp³-hybridized carbons (Fsp3) is 0. The minimum Gasteiger partial charge on any atom is -0.135 e. The Morgan fingerprint density at radius 1 is 0.432 bits per heavy atom. The van der Waals surface area contributed by atoms with Crippen LogP contribution in [-0.4, -0.2) is 0 Å². The van der Waals surface area contributed by atoms with Crippen LogP contribution in [0.15, 0.2) is 145 Å². The van der Waals surface area contributed by atoms with Crippen molar-refractivity contribution in [2.24, 2.45) is 0 Å². The van der Waals surface area contributed by atoms with Crippen LogP contribution in [0.1, 0.15) is 6.85 Å². The second-order valence-corrected chi connectivity index (χ2v) is 13.3. The van der Waals surface area contributed by atoms with E-state index in [2.05, 4.69) is 78.9 Å². The summed E-state index contributed by atoms with van der Waals surface area (Å²) in [4.78, 5) is 0. The zero-order valence-electron chi connectivity index (χ0n) is 28.3. The van der Waals surface area contributed by atoms with Crippen molar-refractivity contribution in [1.82, 2.24) is 0 Å². The van der Waals surface area contributed by atoms with E-state index in [9.17, 15) is 0 Å². The molecule has 0 fully saturated rings. The lowest BCUT2D eigenvalue weighted by molar-refractivity contribution is 1.67. The number of hydrogen-bond donors (Lipinski definition) is 0. The van der Waals surface area contributed by atoms with Crippen LogP contribution in [0.25, 0.3) is 94.9 Å². The van der Waals surface area contributed by atoms with Gasteiger partial charge in [0.05, 0.1) is 6.85 Å². The first kappa shape index (κ1) is 20.0. The fourth-order valence-electron chi connectivity index (χ4n) is 7.18. The maximum Gasteiger partial charge on any atom is 0.0629 e. The molecule has 204 valence electrons. The van der Waals surface area contributed by atoms with Gasteiger partial charge in [-0.2, -0.15) is 0 Å². The molecule has 8 aromatic carbocycles. The van der Waals surface area contributed by atoms with E-state index in [1.807, 2.05) is 59.1 Å². The lowest BCUT2D eigenvalue weighted by Crippen LogP contribution is -1.91. The Kier molecular flexibility index (Phi) is 4.21. The van der Waals surface area contributed by atoms with Gasteiger partial charge in [0, 0.05) is 51.3 Å². The van der Waals surface area contributed by atoms with Crippen LogP contribution in [0, 0.1) is 0 Å². The first-order valence-electron chi connectivity index (χ1n) is 17.1. The molecule has 0 spiro atoms. The summed E-state index contributed by atoms with van der Waals surface area (Å²) < 4.78 is 48.1. The quantitative estimate of drug-likeness (QED) is 0.174. The molecule has 0 bridgehead atoms. The minimum atomic E-state index is -0.389. The molecule has 0 saturated heterocycles. The number of benzene rings is 8. The summed E-state index contributed by atoms with van der Waals surface area (Å²) in [5.74, 6) is 0. The second kappa shape index (κ2) is 9.24. The van der Waals surface area contributed by atoms with Crippen molar-refractivity contribution in [1.29, 1.82) is 0 Å². The van der Waals surface area contributed by atoms with Gasteiger partial charge in [-0.1, -0.05) is 121 Å². The smallest absolute Gasteiger partial charge is 0.0629 e. The largest absolute Gasteiger partial charge is 0.135 e. The van der Waals surface area contributed by atoms with Crippen molar-refractivity contribution in [2.45, 2.75) is 0 Å². The third-order valence-corrected chi connectivity index (χ3v) is 11.3. The highest BCUT2D eigenvalue weighted by atomic mass is 32.1. The maximum atomic E-state index is 8.94. The lowest BCUT2D eigenvalue weighted by Gasteiger charge is -2.19. The van der Waals surface area contributed by atoms with E-state index < -0.39 is 0 Å². The molecule has 0 radical (unpaired) electrons. The van der Waals surface area contributed by atoms with Gasteiger partial charge in [0.25, 0.3) is 0 Å². The van der Waals surface area contributed by atoms with Crippen molar-refractivity contribution in [2.75, 3.05) is 0 Å². The van der Waals surface area contributed by atoms with Crippen LogP contribution < -0.4 is 0 Å². The number of rotatable bonds is 2. The molecule has 0 amide bonds. The number of fused-ring (bicyclic) bond motifs is 11. The molecule has 0 atom stereocenters. The van der Waals surface area contributed by atoms with Gasteiger partial charge < -0.3 is 0 Å². The molecule has 10 aromatic rings. The average molecular weight is 598 g/mol. The van der Waals surface area contributed by atoms with E-state index >= 15 is 0 Å². The van der Waals surface area contributed by atoms with E-state index in [-0.39, 0.29) is 35.8 Å². The summed E-state index contributed by atoms with van der Waals surface area (Å²) in [7, 11) is 0. The summed E-state index contributed by atoms with van der Waals surface area (Å²) in [6, 6.07) is 39.0. The molecule has 2 aromatic heterocycles. The van der Waals surface area contributed by atoms with E-state index in [1.165, 1.54) is 51.1 Å². The molecule has 44 heavy (non-hydrogen) atoms. The molecule has 10 rings (SSSR count). The standard InChI is InChI=1S/C42H24S2/c1-2-12-25(13-3-1)37-27-14-4-6-16-29(27)39(30-17-7-5-15-28(30)37)33-24-26-22-23-36-40(31-18-8-10-20-34(31)43-36)38(26)41-32-19-9-11-21-35(32)44-42(33)41/h1-24H/i1D,2D,3D,12D,13D. The zero-order chi connectivity index (χ0) is 33.1. The summed E-state index contributed by atoms with van der Waals surface area (Å²) in [5.41, 5.74) is 3.09. The third kappa shape index (κ3) is 3.33. The molecular weight excluding hydrogens is 569 g/mol. The van der Waals surface area contributed by atoms with Crippen LogP contribution in [0.2, 0.25) is 0 Å². The average Bonchev–Trinajstić information content (AvgIpc) is 3.72. The van der Waals surface area contributed by atoms with E-state index in [0.717, 1.165) is 32.7 Å². The summed E-state index contributed by atoms with van der Waals surface area (Å²) in [5, 5.41) is 11.2. The first-order chi connectivity index (χ1) is 23.9. The monoisotopic (exact) mass is 597 g/mol. The second-order valence-electron chi connectivity index (χ2n) is 11.2. The van der Waals surface area contributed by atoms with Crippen molar-refractivity contribution < 1.29 is 6.85 Å². The number of thiophene rings is 2. The summed E-state index contributed by atoms with van der Waals surface area (Å²) in [6.07, 6.45) is 0. The normalized spacial score (nSPS) is 13.7. The molecule has 0 aliphatic heterocycles. The molecule has 0 unspecified atom stereocenters. The molecule has 0 aliphatic rings. The van der Waals surface area contributed by atoms with Gasteiger partial charge in [-0.25, -0.2) is 0 Å². The Morgan fingerprint density at radius 2 is 0.977 bits per heavy atom. The van der Waals surface area contributed by atoms with Crippen molar-refractivity contribution >= 4 is 95.3 Å². The summed E-state index contributed by atoms with van der Waals surface area (Å²) >= 11 is 3.65. The maximum absolute atomic E-state index is 8.94. The molecule has 0 saturated carbocycles. The summed E-state index contributed by atoms with van der Waals surface area (Å²) in [6.45, 7) is 0. The molecule has 2 heteroatoms. The topological polar surface area (TPSA) is 0 Å². The van der Waals surface area contributed by atoms with Gasteiger partial charge in [-0.3, -0.25) is 0 Å². The van der Waals surface area contributed by atoms with E-state index in [4.69, 9.17) is 6.85 Å². The van der Waals surface area contributed by atoms with Crippen molar-refractivity contribution in [3.8, 4) is 22.3 Å². The van der Waals surface area contributed by atoms with Gasteiger partial charge in [-0.15, -0.1) is 22.7 Å². The third-order valence-electron chi connectivity index (χ3n) is 8.92. The van der Waals surface area contributed by atoms with Gasteiger partial charge in [0.1, 0.15) is 0 Å². The Bertz CT molecular complexity index is 2980. The van der Waals surface area contributed by atoms with Crippen LogP contribution >= 0.6 is 22.7 Å². The van der Waals surface area contributed by atoms with Crippen LogP contribution in [-0.2, 0) is 0 Å². The number of hydrogen-bond acceptors (Lipinski definition) is 2. The van der Waals surface area contributed by atoms with Gasteiger partial charge in [-0.05, 0) is 67.9 Å². The SMILES string of the molecule is [2H]c1c([2H])c([2H])c(-c2c3ccccc3c(-c3cc4ccc5sc6ccccc6c5c4c4c3sc3ccccc34)c3ccccc23)c([2H])c1[2H]. The van der Waals surface area contributed by atoms with E-state index in [1.54, 1.807) is 0 Å². The first-order valence-corrected chi connectivity index (χ1v) is 16.2. The van der Waals surface area contributed by atoms with Gasteiger partial charge in [0.2, 0.25) is 0 Å². The van der Waals surface area contributed by atoms with Crippen LogP contribution in [0.3, 0.4) is 0 Å². The van der Waals surface area contributed by atoms with Crippen LogP contribution in [0.5, 0.6) is 0 Å². The highest BCUT2D eigenvalue weighted by molar-refractivity contribution is 7.27.